The fourth-order valence-corrected chi connectivity index (χ4v) is 4.46. The van der Waals surface area contributed by atoms with Crippen molar-refractivity contribution in [1.29, 1.82) is 0 Å². The number of sulfonamides is 1. The number of esters is 1. The van der Waals surface area contributed by atoms with Gasteiger partial charge in [-0.05, 0) is 42.3 Å². The second-order valence-electron chi connectivity index (χ2n) is 5.79. The third kappa shape index (κ3) is 4.58. The Morgan fingerprint density at radius 3 is 2.33 bits per heavy atom. The standard InChI is InChI=1S/C17H20N2O6S2/c1-4-11-5-6-12(17(20)25-2)9-16(11)27(23,24)19-15-10-13(26(3,21)22)7-8-14(15)18/h5-10,19H,4,18H2,1-3H3. The maximum atomic E-state index is 12.9. The SMILES string of the molecule is CCc1ccc(C(=O)OC)cc1S(=O)(=O)Nc1cc(S(C)(=O)=O)ccc1N. The molecule has 8 nitrogen and oxygen atoms in total. The van der Waals surface area contributed by atoms with Crippen LogP contribution in [0.2, 0.25) is 0 Å². The zero-order valence-corrected chi connectivity index (χ0v) is 16.6. The van der Waals surface area contributed by atoms with E-state index >= 15 is 0 Å². The number of aryl methyl sites for hydroxylation is 1. The number of sulfone groups is 1. The van der Waals surface area contributed by atoms with Gasteiger partial charge >= 0.3 is 5.97 Å². The predicted molar refractivity (Wildman–Crippen MR) is 102 cm³/mol. The van der Waals surface area contributed by atoms with Gasteiger partial charge in [0.1, 0.15) is 0 Å². The summed E-state index contributed by atoms with van der Waals surface area (Å²) < 4.78 is 56.1. The molecule has 2 rings (SSSR count). The summed E-state index contributed by atoms with van der Waals surface area (Å²) >= 11 is 0. The molecule has 0 aromatic heterocycles. The van der Waals surface area contributed by atoms with Crippen molar-refractivity contribution in [3.8, 4) is 0 Å². The summed E-state index contributed by atoms with van der Waals surface area (Å²) in [5, 5.41) is 0. The number of anilines is 2. The first kappa shape index (κ1) is 20.7. The van der Waals surface area contributed by atoms with Crippen molar-refractivity contribution in [3.63, 3.8) is 0 Å². The normalized spacial score (nSPS) is 11.8. The zero-order valence-electron chi connectivity index (χ0n) is 15.0. The molecule has 0 radical (unpaired) electrons. The summed E-state index contributed by atoms with van der Waals surface area (Å²) in [6.45, 7) is 1.77. The van der Waals surface area contributed by atoms with Crippen molar-refractivity contribution in [2.45, 2.75) is 23.1 Å². The number of nitrogens with two attached hydrogens (primary N) is 1. The minimum absolute atomic E-state index is 0.0631. The number of carbonyl (C=O) groups is 1. The van der Waals surface area contributed by atoms with Crippen LogP contribution in [0.1, 0.15) is 22.8 Å². The van der Waals surface area contributed by atoms with Gasteiger partial charge in [0.25, 0.3) is 10.0 Å². The highest BCUT2D eigenvalue weighted by atomic mass is 32.2. The van der Waals surface area contributed by atoms with Gasteiger partial charge in [-0.25, -0.2) is 21.6 Å². The van der Waals surface area contributed by atoms with Crippen LogP contribution in [0.3, 0.4) is 0 Å². The van der Waals surface area contributed by atoms with Gasteiger partial charge in [-0.1, -0.05) is 13.0 Å². The number of hydrogen-bond acceptors (Lipinski definition) is 7. The minimum atomic E-state index is -4.14. The van der Waals surface area contributed by atoms with Crippen LogP contribution in [-0.2, 0) is 31.0 Å². The molecule has 0 aliphatic rings. The fraction of sp³-hybridized carbons (Fsp3) is 0.235. The molecule has 0 amide bonds. The van der Waals surface area contributed by atoms with Gasteiger partial charge in [0.2, 0.25) is 0 Å². The van der Waals surface area contributed by atoms with E-state index in [0.29, 0.717) is 12.0 Å². The van der Waals surface area contributed by atoms with Crippen molar-refractivity contribution < 1.29 is 26.4 Å². The quantitative estimate of drug-likeness (QED) is 0.546. The minimum Gasteiger partial charge on any atom is -0.465 e. The lowest BCUT2D eigenvalue weighted by Gasteiger charge is -2.14. The highest BCUT2D eigenvalue weighted by molar-refractivity contribution is 7.92. The Labute approximate surface area is 158 Å². The van der Waals surface area contributed by atoms with E-state index in [2.05, 4.69) is 9.46 Å². The molecule has 2 aromatic rings. The first-order valence-electron chi connectivity index (χ1n) is 7.83. The van der Waals surface area contributed by atoms with Crippen LogP contribution in [0, 0.1) is 0 Å². The van der Waals surface area contributed by atoms with E-state index in [1.165, 1.54) is 37.4 Å². The number of rotatable bonds is 6. The smallest absolute Gasteiger partial charge is 0.337 e. The molecule has 10 heteroatoms. The maximum absolute atomic E-state index is 12.9. The third-order valence-electron chi connectivity index (χ3n) is 3.86. The first-order valence-corrected chi connectivity index (χ1v) is 11.2. The van der Waals surface area contributed by atoms with Crippen LogP contribution >= 0.6 is 0 Å². The molecule has 0 spiro atoms. The molecule has 0 saturated heterocycles. The van der Waals surface area contributed by atoms with Gasteiger partial charge in [-0.15, -0.1) is 0 Å². The van der Waals surface area contributed by atoms with Gasteiger partial charge in [0, 0.05) is 6.26 Å². The number of benzene rings is 2. The van der Waals surface area contributed by atoms with Crippen molar-refractivity contribution in [2.75, 3.05) is 23.8 Å². The molecule has 3 N–H and O–H groups in total. The average molecular weight is 412 g/mol. The maximum Gasteiger partial charge on any atom is 0.337 e. The Balaban J connectivity index is 2.56. The Kier molecular flexibility index (Phi) is 5.81. The van der Waals surface area contributed by atoms with E-state index < -0.39 is 25.8 Å². The molecule has 0 heterocycles. The molecule has 0 unspecified atom stereocenters. The summed E-state index contributed by atoms with van der Waals surface area (Å²) in [5.41, 5.74) is 6.35. The third-order valence-corrected chi connectivity index (χ3v) is 6.41. The number of methoxy groups -OCH3 is 1. The molecule has 27 heavy (non-hydrogen) atoms. The van der Waals surface area contributed by atoms with Crippen LogP contribution in [0.15, 0.2) is 46.2 Å². The lowest BCUT2D eigenvalue weighted by molar-refractivity contribution is 0.0600. The topological polar surface area (TPSA) is 133 Å². The van der Waals surface area contributed by atoms with Crippen molar-refractivity contribution in [3.05, 3.63) is 47.5 Å². The summed E-state index contributed by atoms with van der Waals surface area (Å²) in [7, 11) is -6.49. The molecule has 0 aliphatic heterocycles. The molecule has 0 aliphatic carbocycles. The predicted octanol–water partition coefficient (Wildman–Crippen LogP) is 1.82. The highest BCUT2D eigenvalue weighted by Gasteiger charge is 2.22. The molecule has 0 atom stereocenters. The fourth-order valence-electron chi connectivity index (χ4n) is 2.40. The van der Waals surface area contributed by atoms with Crippen LogP contribution in [0.4, 0.5) is 11.4 Å². The lowest BCUT2D eigenvalue weighted by atomic mass is 10.1. The summed E-state index contributed by atoms with van der Waals surface area (Å²) in [5.74, 6) is -0.673. The van der Waals surface area contributed by atoms with E-state index in [1.54, 1.807) is 6.92 Å². The molecule has 2 aromatic carbocycles. The van der Waals surface area contributed by atoms with E-state index in [-0.39, 0.29) is 26.7 Å². The second-order valence-corrected chi connectivity index (χ2v) is 9.46. The molecule has 146 valence electrons. The Bertz CT molecular complexity index is 1090. The van der Waals surface area contributed by atoms with Gasteiger partial charge in [0.05, 0.1) is 33.8 Å². The zero-order chi connectivity index (χ0) is 20.4. The van der Waals surface area contributed by atoms with Crippen molar-refractivity contribution in [1.82, 2.24) is 0 Å². The van der Waals surface area contributed by atoms with Gasteiger partial charge in [-0.3, -0.25) is 4.72 Å². The van der Waals surface area contributed by atoms with Gasteiger partial charge in [-0.2, -0.15) is 0 Å². The Morgan fingerprint density at radius 2 is 1.78 bits per heavy atom. The van der Waals surface area contributed by atoms with Crippen LogP contribution in [-0.4, -0.2) is 36.2 Å². The van der Waals surface area contributed by atoms with Crippen LogP contribution in [0.5, 0.6) is 0 Å². The second kappa shape index (κ2) is 7.57. The van der Waals surface area contributed by atoms with Gasteiger partial charge < -0.3 is 10.5 Å². The molecular formula is C17H20N2O6S2. The van der Waals surface area contributed by atoms with Crippen LogP contribution in [0.25, 0.3) is 0 Å². The molecule has 0 bridgehead atoms. The largest absolute Gasteiger partial charge is 0.465 e. The monoisotopic (exact) mass is 412 g/mol. The average Bonchev–Trinajstić information content (AvgIpc) is 2.61. The van der Waals surface area contributed by atoms with E-state index in [0.717, 1.165) is 12.3 Å². The number of nitrogen functional groups attached to an aromatic ring is 1. The Hall–Kier alpha value is -2.59. The van der Waals surface area contributed by atoms with Crippen LogP contribution < -0.4 is 10.5 Å². The number of ether oxygens (including phenoxy) is 1. The van der Waals surface area contributed by atoms with Crippen molar-refractivity contribution >= 4 is 37.2 Å². The molecular weight excluding hydrogens is 392 g/mol. The number of hydrogen-bond donors (Lipinski definition) is 2. The van der Waals surface area contributed by atoms with Gasteiger partial charge in [0.15, 0.2) is 9.84 Å². The number of carbonyl (C=O) groups excluding carboxylic acids is 1. The van der Waals surface area contributed by atoms with E-state index in [9.17, 15) is 21.6 Å². The first-order chi connectivity index (χ1) is 12.5. The van der Waals surface area contributed by atoms with E-state index in [1.807, 2.05) is 0 Å². The Morgan fingerprint density at radius 1 is 1.11 bits per heavy atom. The highest BCUT2D eigenvalue weighted by Crippen LogP contribution is 2.27. The molecule has 0 saturated carbocycles. The summed E-state index contributed by atoms with van der Waals surface area (Å²) in [4.78, 5) is 11.5. The number of nitrogens with one attached hydrogen (secondary N) is 1. The van der Waals surface area contributed by atoms with E-state index in [4.69, 9.17) is 5.73 Å². The summed E-state index contributed by atoms with van der Waals surface area (Å²) in [6, 6.07) is 7.96. The molecule has 0 fully saturated rings. The summed E-state index contributed by atoms with van der Waals surface area (Å²) in [6.07, 6.45) is 1.41. The lowest BCUT2D eigenvalue weighted by Crippen LogP contribution is -2.17. The van der Waals surface area contributed by atoms with Crippen molar-refractivity contribution in [2.24, 2.45) is 0 Å².